The summed E-state index contributed by atoms with van der Waals surface area (Å²) in [6, 6.07) is 5.57. The van der Waals surface area contributed by atoms with Crippen molar-refractivity contribution in [1.29, 1.82) is 0 Å². The summed E-state index contributed by atoms with van der Waals surface area (Å²) < 4.78 is 0. The third-order valence-electron chi connectivity index (χ3n) is 4.74. The van der Waals surface area contributed by atoms with Crippen LogP contribution in [-0.2, 0) is 14.4 Å². The van der Waals surface area contributed by atoms with Gasteiger partial charge in [-0.05, 0) is 39.3 Å². The lowest BCUT2D eigenvalue weighted by Gasteiger charge is -2.37. The van der Waals surface area contributed by atoms with Crippen LogP contribution < -0.4 is 16.0 Å². The molecule has 1 aromatic carbocycles. The van der Waals surface area contributed by atoms with Crippen LogP contribution in [0.1, 0.15) is 37.8 Å². The minimum atomic E-state index is -0.456. The van der Waals surface area contributed by atoms with Crippen LogP contribution in [0.2, 0.25) is 0 Å². The zero-order valence-corrected chi connectivity index (χ0v) is 16.6. The first-order valence-electron chi connectivity index (χ1n) is 9.45. The third kappa shape index (κ3) is 6.06. The SMILES string of the molecule is Cc1ccc(NC(=O)CCNC(=O)CC2C(=O)NCCN2C(C)C)c(C)c1. The molecule has 7 heteroatoms. The summed E-state index contributed by atoms with van der Waals surface area (Å²) in [6.07, 6.45) is 0.284. The van der Waals surface area contributed by atoms with Gasteiger partial charge in [0.05, 0.1) is 12.5 Å². The molecule has 1 atom stereocenters. The first-order valence-corrected chi connectivity index (χ1v) is 9.45. The summed E-state index contributed by atoms with van der Waals surface area (Å²) in [5.41, 5.74) is 2.92. The fraction of sp³-hybridized carbons (Fsp3) is 0.550. The maximum atomic E-state index is 12.2. The van der Waals surface area contributed by atoms with E-state index in [9.17, 15) is 14.4 Å². The highest BCUT2D eigenvalue weighted by atomic mass is 16.2. The van der Waals surface area contributed by atoms with E-state index in [0.717, 1.165) is 23.4 Å². The van der Waals surface area contributed by atoms with Gasteiger partial charge in [0.1, 0.15) is 0 Å². The summed E-state index contributed by atoms with van der Waals surface area (Å²) in [6.45, 7) is 9.56. The van der Waals surface area contributed by atoms with E-state index in [1.807, 2.05) is 50.8 Å². The highest BCUT2D eigenvalue weighted by Gasteiger charge is 2.32. The third-order valence-corrected chi connectivity index (χ3v) is 4.74. The molecule has 3 N–H and O–H groups in total. The number of nitrogens with one attached hydrogen (secondary N) is 3. The Kier molecular flexibility index (Phi) is 7.36. The molecule has 1 saturated heterocycles. The molecular weight excluding hydrogens is 344 g/mol. The van der Waals surface area contributed by atoms with Gasteiger partial charge < -0.3 is 16.0 Å². The van der Waals surface area contributed by atoms with Gasteiger partial charge in [-0.3, -0.25) is 19.3 Å². The van der Waals surface area contributed by atoms with Gasteiger partial charge in [0.25, 0.3) is 0 Å². The molecule has 0 radical (unpaired) electrons. The van der Waals surface area contributed by atoms with Gasteiger partial charge in [-0.15, -0.1) is 0 Å². The molecule has 0 spiro atoms. The van der Waals surface area contributed by atoms with Crippen LogP contribution in [0.3, 0.4) is 0 Å². The number of hydrogen-bond donors (Lipinski definition) is 3. The van der Waals surface area contributed by atoms with E-state index < -0.39 is 6.04 Å². The molecule has 27 heavy (non-hydrogen) atoms. The molecule has 0 aromatic heterocycles. The number of amides is 3. The molecule has 0 bridgehead atoms. The van der Waals surface area contributed by atoms with E-state index in [1.54, 1.807) is 0 Å². The van der Waals surface area contributed by atoms with Crippen molar-refractivity contribution in [3.63, 3.8) is 0 Å². The molecular formula is C20H30N4O3. The smallest absolute Gasteiger partial charge is 0.237 e. The lowest BCUT2D eigenvalue weighted by molar-refractivity contribution is -0.134. The monoisotopic (exact) mass is 374 g/mol. The molecule has 7 nitrogen and oxygen atoms in total. The molecule has 1 aliphatic rings. The highest BCUT2D eigenvalue weighted by Crippen LogP contribution is 2.16. The molecule has 0 aliphatic carbocycles. The molecule has 1 aliphatic heterocycles. The van der Waals surface area contributed by atoms with E-state index in [1.165, 1.54) is 0 Å². The summed E-state index contributed by atoms with van der Waals surface area (Å²) in [7, 11) is 0. The predicted octanol–water partition coefficient (Wildman–Crippen LogP) is 1.35. The minimum Gasteiger partial charge on any atom is -0.356 e. The highest BCUT2D eigenvalue weighted by molar-refractivity contribution is 5.92. The van der Waals surface area contributed by atoms with Crippen LogP contribution in [0.5, 0.6) is 0 Å². The number of rotatable bonds is 7. The molecule has 0 saturated carbocycles. The van der Waals surface area contributed by atoms with Gasteiger partial charge in [0.2, 0.25) is 17.7 Å². The second kappa shape index (κ2) is 9.50. The van der Waals surface area contributed by atoms with Gasteiger partial charge in [-0.1, -0.05) is 17.7 Å². The fourth-order valence-corrected chi connectivity index (χ4v) is 3.29. The Morgan fingerprint density at radius 1 is 1.26 bits per heavy atom. The van der Waals surface area contributed by atoms with Crippen molar-refractivity contribution in [2.45, 2.75) is 52.6 Å². The van der Waals surface area contributed by atoms with Crippen molar-refractivity contribution < 1.29 is 14.4 Å². The number of benzene rings is 1. The maximum absolute atomic E-state index is 12.2. The first kappa shape index (κ1) is 20.9. The van der Waals surface area contributed by atoms with Gasteiger partial charge in [-0.25, -0.2) is 0 Å². The van der Waals surface area contributed by atoms with Crippen LogP contribution in [-0.4, -0.2) is 54.3 Å². The maximum Gasteiger partial charge on any atom is 0.237 e. The van der Waals surface area contributed by atoms with Crippen LogP contribution >= 0.6 is 0 Å². The number of hydrogen-bond acceptors (Lipinski definition) is 4. The number of nitrogens with zero attached hydrogens (tertiary/aromatic N) is 1. The molecule has 1 heterocycles. The van der Waals surface area contributed by atoms with Crippen LogP contribution in [0.15, 0.2) is 18.2 Å². The Hall–Kier alpha value is -2.41. The molecule has 1 fully saturated rings. The number of anilines is 1. The zero-order valence-electron chi connectivity index (χ0n) is 16.6. The van der Waals surface area contributed by atoms with Gasteiger partial charge >= 0.3 is 0 Å². The molecule has 2 rings (SSSR count). The molecule has 1 unspecified atom stereocenters. The second-order valence-corrected chi connectivity index (χ2v) is 7.31. The van der Waals surface area contributed by atoms with Crippen molar-refractivity contribution in [2.75, 3.05) is 25.0 Å². The zero-order chi connectivity index (χ0) is 20.0. The van der Waals surface area contributed by atoms with Crippen molar-refractivity contribution >= 4 is 23.4 Å². The van der Waals surface area contributed by atoms with Crippen LogP contribution in [0.4, 0.5) is 5.69 Å². The number of carbonyl (C=O) groups is 3. The van der Waals surface area contributed by atoms with E-state index in [2.05, 4.69) is 16.0 Å². The number of aryl methyl sites for hydroxylation is 2. The van der Waals surface area contributed by atoms with Gasteiger partial charge in [0.15, 0.2) is 0 Å². The van der Waals surface area contributed by atoms with Crippen molar-refractivity contribution in [2.24, 2.45) is 0 Å². The Labute approximate surface area is 160 Å². The number of piperazine rings is 1. The molecule has 3 amide bonds. The van der Waals surface area contributed by atoms with Crippen molar-refractivity contribution in [1.82, 2.24) is 15.5 Å². The standard InChI is InChI=1S/C20H30N4O3/c1-13(2)24-10-9-22-20(27)17(24)12-19(26)21-8-7-18(25)23-16-6-5-14(3)11-15(16)4/h5-6,11,13,17H,7-10,12H2,1-4H3,(H,21,26)(H,22,27)(H,23,25). The fourth-order valence-electron chi connectivity index (χ4n) is 3.29. The second-order valence-electron chi connectivity index (χ2n) is 7.31. The topological polar surface area (TPSA) is 90.5 Å². The lowest BCUT2D eigenvalue weighted by atomic mass is 10.1. The summed E-state index contributed by atoms with van der Waals surface area (Å²) in [5.74, 6) is -0.485. The Morgan fingerprint density at radius 3 is 2.67 bits per heavy atom. The van der Waals surface area contributed by atoms with E-state index in [4.69, 9.17) is 0 Å². The van der Waals surface area contributed by atoms with Gasteiger partial charge in [0, 0.05) is 37.8 Å². The molecule has 1 aromatic rings. The average Bonchev–Trinajstić information content (AvgIpc) is 2.59. The number of carbonyl (C=O) groups excluding carboxylic acids is 3. The summed E-state index contributed by atoms with van der Waals surface area (Å²) in [5, 5.41) is 8.41. The Balaban J connectivity index is 1.78. The Morgan fingerprint density at radius 2 is 2.00 bits per heavy atom. The normalized spacial score (nSPS) is 17.5. The summed E-state index contributed by atoms with van der Waals surface area (Å²) in [4.78, 5) is 38.4. The average molecular weight is 374 g/mol. The van der Waals surface area contributed by atoms with Gasteiger partial charge in [-0.2, -0.15) is 0 Å². The van der Waals surface area contributed by atoms with E-state index >= 15 is 0 Å². The van der Waals surface area contributed by atoms with Crippen molar-refractivity contribution in [3.8, 4) is 0 Å². The molecule has 148 valence electrons. The van der Waals surface area contributed by atoms with E-state index in [-0.39, 0.29) is 43.1 Å². The minimum absolute atomic E-state index is 0.0999. The first-order chi connectivity index (χ1) is 12.8. The quantitative estimate of drug-likeness (QED) is 0.672. The van der Waals surface area contributed by atoms with Crippen LogP contribution in [0, 0.1) is 13.8 Å². The Bertz CT molecular complexity index is 702. The summed E-state index contributed by atoms with van der Waals surface area (Å²) >= 11 is 0. The lowest BCUT2D eigenvalue weighted by Crippen LogP contribution is -2.58. The van der Waals surface area contributed by atoms with E-state index in [0.29, 0.717) is 6.54 Å². The van der Waals surface area contributed by atoms with Crippen molar-refractivity contribution in [3.05, 3.63) is 29.3 Å². The largest absolute Gasteiger partial charge is 0.356 e. The predicted molar refractivity (Wildman–Crippen MR) is 105 cm³/mol. The van der Waals surface area contributed by atoms with Crippen LogP contribution in [0.25, 0.3) is 0 Å².